The number of aromatic nitrogens is 3. The van der Waals surface area contributed by atoms with Crippen LogP contribution < -0.4 is 10.6 Å². The first kappa shape index (κ1) is 17.0. The quantitative estimate of drug-likeness (QED) is 0.630. The topological polar surface area (TPSA) is 67.1 Å². The molecular weight excluding hydrogens is 288 g/mol. The van der Waals surface area contributed by atoms with E-state index in [2.05, 4.69) is 63.8 Å². The first-order chi connectivity index (χ1) is 11.0. The summed E-state index contributed by atoms with van der Waals surface area (Å²) in [5.74, 6) is 1.64. The third-order valence-electron chi connectivity index (χ3n) is 3.70. The van der Waals surface area contributed by atoms with Crippen molar-refractivity contribution >= 4 is 5.96 Å². The standard InChI is InChI=1S/C17H26N6/c1-17(2,10-14-8-6-5-7-9-14)12-20-16(18-3)19-11-15-21-13-22-23(15)4/h5-9,13H,10-12H2,1-4H3,(H2,18,19,20). The molecule has 0 aliphatic carbocycles. The van der Waals surface area contributed by atoms with Gasteiger partial charge in [-0.25, -0.2) is 4.98 Å². The number of guanidine groups is 1. The van der Waals surface area contributed by atoms with Crippen LogP contribution in [0.15, 0.2) is 41.7 Å². The number of rotatable bonds is 6. The van der Waals surface area contributed by atoms with Gasteiger partial charge in [0, 0.05) is 20.6 Å². The molecule has 2 aromatic rings. The molecule has 23 heavy (non-hydrogen) atoms. The van der Waals surface area contributed by atoms with Crippen LogP contribution in [-0.4, -0.2) is 34.3 Å². The van der Waals surface area contributed by atoms with Gasteiger partial charge in [-0.15, -0.1) is 0 Å². The normalized spacial score (nSPS) is 12.3. The summed E-state index contributed by atoms with van der Waals surface area (Å²) < 4.78 is 1.75. The molecule has 1 heterocycles. The summed E-state index contributed by atoms with van der Waals surface area (Å²) >= 11 is 0. The third-order valence-corrected chi connectivity index (χ3v) is 3.70. The van der Waals surface area contributed by atoms with Crippen molar-refractivity contribution in [2.75, 3.05) is 13.6 Å². The number of hydrogen-bond donors (Lipinski definition) is 2. The molecule has 1 aromatic carbocycles. The summed E-state index contributed by atoms with van der Waals surface area (Å²) in [5.41, 5.74) is 1.48. The van der Waals surface area contributed by atoms with Crippen LogP contribution >= 0.6 is 0 Å². The van der Waals surface area contributed by atoms with E-state index in [0.29, 0.717) is 6.54 Å². The van der Waals surface area contributed by atoms with E-state index in [-0.39, 0.29) is 5.41 Å². The predicted molar refractivity (Wildman–Crippen MR) is 93.1 cm³/mol. The largest absolute Gasteiger partial charge is 0.356 e. The molecule has 0 atom stereocenters. The number of aliphatic imine (C=N–C) groups is 1. The maximum absolute atomic E-state index is 4.26. The first-order valence-electron chi connectivity index (χ1n) is 7.81. The Kier molecular flexibility index (Phi) is 5.73. The molecule has 0 radical (unpaired) electrons. The molecule has 124 valence electrons. The zero-order chi connectivity index (χ0) is 16.7. The lowest BCUT2D eigenvalue weighted by Gasteiger charge is -2.26. The van der Waals surface area contributed by atoms with Crippen LogP contribution in [0.5, 0.6) is 0 Å². The maximum Gasteiger partial charge on any atom is 0.191 e. The highest BCUT2D eigenvalue weighted by Crippen LogP contribution is 2.20. The second-order valence-electron chi connectivity index (χ2n) is 6.41. The van der Waals surface area contributed by atoms with Gasteiger partial charge in [-0.3, -0.25) is 9.67 Å². The van der Waals surface area contributed by atoms with Crippen molar-refractivity contribution in [3.8, 4) is 0 Å². The van der Waals surface area contributed by atoms with Crippen LogP contribution in [0, 0.1) is 5.41 Å². The van der Waals surface area contributed by atoms with Gasteiger partial charge in [0.05, 0.1) is 6.54 Å². The summed E-state index contributed by atoms with van der Waals surface area (Å²) in [6.07, 6.45) is 2.57. The van der Waals surface area contributed by atoms with Crippen molar-refractivity contribution in [2.45, 2.75) is 26.8 Å². The van der Waals surface area contributed by atoms with E-state index in [1.165, 1.54) is 5.56 Å². The molecule has 6 nitrogen and oxygen atoms in total. The minimum absolute atomic E-state index is 0.129. The predicted octanol–water partition coefficient (Wildman–Crippen LogP) is 1.75. The minimum atomic E-state index is 0.129. The molecule has 2 N–H and O–H groups in total. The van der Waals surface area contributed by atoms with E-state index >= 15 is 0 Å². The van der Waals surface area contributed by atoms with Crippen molar-refractivity contribution in [1.29, 1.82) is 0 Å². The summed E-state index contributed by atoms with van der Waals surface area (Å²) in [6.45, 7) is 5.93. The molecule has 0 saturated carbocycles. The lowest BCUT2D eigenvalue weighted by atomic mass is 9.86. The number of hydrogen-bond acceptors (Lipinski definition) is 3. The van der Waals surface area contributed by atoms with Crippen molar-refractivity contribution in [3.63, 3.8) is 0 Å². The lowest BCUT2D eigenvalue weighted by Crippen LogP contribution is -2.42. The number of nitrogens with zero attached hydrogens (tertiary/aromatic N) is 4. The Morgan fingerprint density at radius 1 is 1.22 bits per heavy atom. The maximum atomic E-state index is 4.26. The fourth-order valence-corrected chi connectivity index (χ4v) is 2.40. The van der Waals surface area contributed by atoms with E-state index in [0.717, 1.165) is 24.7 Å². The number of aryl methyl sites for hydroxylation is 1. The van der Waals surface area contributed by atoms with Gasteiger partial charge in [0.2, 0.25) is 0 Å². The Labute approximate surface area is 138 Å². The van der Waals surface area contributed by atoms with Crippen LogP contribution in [0.1, 0.15) is 25.2 Å². The highest BCUT2D eigenvalue weighted by molar-refractivity contribution is 5.79. The molecule has 0 aliphatic heterocycles. The Bertz CT molecular complexity index is 630. The number of benzene rings is 1. The second-order valence-corrected chi connectivity index (χ2v) is 6.41. The molecule has 2 rings (SSSR count). The monoisotopic (exact) mass is 314 g/mol. The fraction of sp³-hybridized carbons (Fsp3) is 0.471. The molecule has 0 saturated heterocycles. The van der Waals surface area contributed by atoms with Crippen LogP contribution in [0.25, 0.3) is 0 Å². The van der Waals surface area contributed by atoms with E-state index in [1.807, 2.05) is 13.1 Å². The highest BCUT2D eigenvalue weighted by Gasteiger charge is 2.19. The molecule has 0 spiro atoms. The van der Waals surface area contributed by atoms with Gasteiger partial charge in [-0.1, -0.05) is 44.2 Å². The smallest absolute Gasteiger partial charge is 0.191 e. The zero-order valence-corrected chi connectivity index (χ0v) is 14.4. The molecule has 0 unspecified atom stereocenters. The average molecular weight is 314 g/mol. The summed E-state index contributed by atoms with van der Waals surface area (Å²) in [5, 5.41) is 10.7. The molecular formula is C17H26N6. The van der Waals surface area contributed by atoms with Crippen LogP contribution in [0.2, 0.25) is 0 Å². The number of nitrogens with one attached hydrogen (secondary N) is 2. The summed E-state index contributed by atoms with van der Waals surface area (Å²) in [7, 11) is 3.65. The van der Waals surface area contributed by atoms with E-state index in [9.17, 15) is 0 Å². The van der Waals surface area contributed by atoms with E-state index in [1.54, 1.807) is 18.1 Å². The fourth-order valence-electron chi connectivity index (χ4n) is 2.40. The van der Waals surface area contributed by atoms with Gasteiger partial charge < -0.3 is 10.6 Å². The van der Waals surface area contributed by atoms with Crippen molar-refractivity contribution in [2.24, 2.45) is 17.5 Å². The van der Waals surface area contributed by atoms with Crippen LogP contribution in [0.3, 0.4) is 0 Å². The molecule has 0 fully saturated rings. The Hall–Kier alpha value is -2.37. The Balaban J connectivity index is 1.83. The van der Waals surface area contributed by atoms with E-state index < -0.39 is 0 Å². The van der Waals surface area contributed by atoms with Crippen molar-refractivity contribution < 1.29 is 0 Å². The van der Waals surface area contributed by atoms with Crippen molar-refractivity contribution in [3.05, 3.63) is 48.0 Å². The van der Waals surface area contributed by atoms with Crippen LogP contribution in [-0.2, 0) is 20.0 Å². The van der Waals surface area contributed by atoms with Gasteiger partial charge in [-0.05, 0) is 17.4 Å². The summed E-state index contributed by atoms with van der Waals surface area (Å²) in [6, 6.07) is 10.6. The second kappa shape index (κ2) is 7.76. The Morgan fingerprint density at radius 3 is 2.57 bits per heavy atom. The molecule has 0 bridgehead atoms. The molecule has 0 amide bonds. The average Bonchev–Trinajstić information content (AvgIpc) is 2.93. The zero-order valence-electron chi connectivity index (χ0n) is 14.4. The van der Waals surface area contributed by atoms with Crippen LogP contribution in [0.4, 0.5) is 0 Å². The summed E-state index contributed by atoms with van der Waals surface area (Å²) in [4.78, 5) is 8.46. The molecule has 6 heteroatoms. The van der Waals surface area contributed by atoms with Crippen molar-refractivity contribution in [1.82, 2.24) is 25.4 Å². The van der Waals surface area contributed by atoms with Gasteiger partial charge in [0.1, 0.15) is 12.2 Å². The SMILES string of the molecule is CN=C(NCc1ncnn1C)NCC(C)(C)Cc1ccccc1. The van der Waals surface area contributed by atoms with Gasteiger partial charge in [0.25, 0.3) is 0 Å². The molecule has 1 aromatic heterocycles. The minimum Gasteiger partial charge on any atom is -0.356 e. The van der Waals surface area contributed by atoms with Gasteiger partial charge >= 0.3 is 0 Å². The van der Waals surface area contributed by atoms with E-state index in [4.69, 9.17) is 0 Å². The first-order valence-corrected chi connectivity index (χ1v) is 7.81. The van der Waals surface area contributed by atoms with Gasteiger partial charge in [-0.2, -0.15) is 5.10 Å². The molecule has 0 aliphatic rings. The third kappa shape index (κ3) is 5.39. The van der Waals surface area contributed by atoms with Gasteiger partial charge in [0.15, 0.2) is 5.96 Å². The lowest BCUT2D eigenvalue weighted by molar-refractivity contribution is 0.359. The Morgan fingerprint density at radius 2 is 1.96 bits per heavy atom. The highest BCUT2D eigenvalue weighted by atomic mass is 15.3.